The van der Waals surface area contributed by atoms with E-state index in [1.165, 1.54) is 57.8 Å². The fourth-order valence-electron chi connectivity index (χ4n) is 1.99. The van der Waals surface area contributed by atoms with Crippen LogP contribution in [0.3, 0.4) is 0 Å². The number of hydrogen-bond donors (Lipinski definition) is 2. The lowest BCUT2D eigenvalue weighted by atomic mass is 10.1. The van der Waals surface area contributed by atoms with Crippen molar-refractivity contribution in [3.05, 3.63) is 0 Å². The van der Waals surface area contributed by atoms with Crippen molar-refractivity contribution in [2.45, 2.75) is 84.1 Å². The third-order valence-corrected chi connectivity index (χ3v) is 3.24. The SMILES string of the molecule is CCCCCCCCCCCCNC(=O)[C@H](C)N.Cl. The highest BCUT2D eigenvalue weighted by molar-refractivity contribution is 5.85. The molecule has 0 fully saturated rings. The molecule has 0 heterocycles. The van der Waals surface area contributed by atoms with E-state index in [1.54, 1.807) is 6.92 Å². The third-order valence-electron chi connectivity index (χ3n) is 3.24. The Kier molecular flexibility index (Phi) is 17.5. The Morgan fingerprint density at radius 3 is 1.79 bits per heavy atom. The number of unbranched alkanes of at least 4 members (excludes halogenated alkanes) is 9. The van der Waals surface area contributed by atoms with Crippen LogP contribution in [0.4, 0.5) is 0 Å². The molecule has 0 unspecified atom stereocenters. The number of rotatable bonds is 12. The van der Waals surface area contributed by atoms with E-state index in [2.05, 4.69) is 12.2 Å². The van der Waals surface area contributed by atoms with Gasteiger partial charge in [-0.3, -0.25) is 4.79 Å². The Hall–Kier alpha value is -0.280. The number of amides is 1. The zero-order valence-electron chi connectivity index (χ0n) is 12.7. The zero-order valence-corrected chi connectivity index (χ0v) is 13.6. The van der Waals surface area contributed by atoms with Gasteiger partial charge in [0.1, 0.15) is 0 Å². The molecule has 0 aliphatic heterocycles. The van der Waals surface area contributed by atoms with Crippen molar-refractivity contribution in [3.8, 4) is 0 Å². The summed E-state index contributed by atoms with van der Waals surface area (Å²) in [5, 5.41) is 2.84. The van der Waals surface area contributed by atoms with E-state index in [1.807, 2.05) is 0 Å². The van der Waals surface area contributed by atoms with Gasteiger partial charge in [-0.15, -0.1) is 12.4 Å². The highest BCUT2D eigenvalue weighted by Gasteiger charge is 2.04. The maximum atomic E-state index is 11.2. The normalized spacial score (nSPS) is 11.7. The summed E-state index contributed by atoms with van der Waals surface area (Å²) in [6, 6.07) is -0.381. The molecule has 0 aliphatic rings. The number of halogens is 1. The molecule has 0 radical (unpaired) electrons. The smallest absolute Gasteiger partial charge is 0.236 e. The van der Waals surface area contributed by atoms with Crippen molar-refractivity contribution < 1.29 is 4.79 Å². The minimum Gasteiger partial charge on any atom is -0.355 e. The van der Waals surface area contributed by atoms with Crippen LogP contribution in [0.5, 0.6) is 0 Å². The summed E-state index contributed by atoms with van der Waals surface area (Å²) < 4.78 is 0. The molecule has 19 heavy (non-hydrogen) atoms. The van der Waals surface area contributed by atoms with Crippen LogP contribution in [-0.2, 0) is 4.79 Å². The molecule has 0 aromatic heterocycles. The first-order valence-corrected chi connectivity index (χ1v) is 7.71. The standard InChI is InChI=1S/C15H32N2O.ClH/c1-3-4-5-6-7-8-9-10-11-12-13-17-15(18)14(2)16;/h14H,3-13,16H2,1-2H3,(H,17,18);1H/t14-;/m0./s1. The number of hydrogen-bond acceptors (Lipinski definition) is 2. The summed E-state index contributed by atoms with van der Waals surface area (Å²) in [7, 11) is 0. The monoisotopic (exact) mass is 292 g/mol. The van der Waals surface area contributed by atoms with Gasteiger partial charge in [-0.25, -0.2) is 0 Å². The van der Waals surface area contributed by atoms with Crippen LogP contribution < -0.4 is 11.1 Å². The maximum absolute atomic E-state index is 11.2. The Bertz CT molecular complexity index is 199. The second-order valence-electron chi connectivity index (χ2n) is 5.26. The lowest BCUT2D eigenvalue weighted by molar-refractivity contribution is -0.121. The lowest BCUT2D eigenvalue weighted by Crippen LogP contribution is -2.38. The van der Waals surface area contributed by atoms with Gasteiger partial charge in [-0.05, 0) is 13.3 Å². The molecule has 0 aliphatic carbocycles. The van der Waals surface area contributed by atoms with Crippen LogP contribution >= 0.6 is 12.4 Å². The van der Waals surface area contributed by atoms with E-state index in [0.717, 1.165) is 13.0 Å². The van der Waals surface area contributed by atoms with Gasteiger partial charge in [-0.1, -0.05) is 64.7 Å². The van der Waals surface area contributed by atoms with Crippen LogP contribution in [0, 0.1) is 0 Å². The average molecular weight is 293 g/mol. The van der Waals surface area contributed by atoms with Crippen LogP contribution in [0.25, 0.3) is 0 Å². The van der Waals surface area contributed by atoms with Gasteiger partial charge < -0.3 is 11.1 Å². The summed E-state index contributed by atoms with van der Waals surface area (Å²) in [5.41, 5.74) is 5.45. The van der Waals surface area contributed by atoms with E-state index in [9.17, 15) is 4.79 Å². The second kappa shape index (κ2) is 15.8. The minimum absolute atomic E-state index is 0. The summed E-state index contributed by atoms with van der Waals surface area (Å²) in [4.78, 5) is 11.2. The van der Waals surface area contributed by atoms with Crippen molar-refractivity contribution in [1.29, 1.82) is 0 Å². The van der Waals surface area contributed by atoms with Crippen molar-refractivity contribution in [2.75, 3.05) is 6.54 Å². The molecule has 0 saturated heterocycles. The highest BCUT2D eigenvalue weighted by Crippen LogP contribution is 2.10. The van der Waals surface area contributed by atoms with Gasteiger partial charge in [-0.2, -0.15) is 0 Å². The van der Waals surface area contributed by atoms with Crippen molar-refractivity contribution in [2.24, 2.45) is 5.73 Å². The summed E-state index contributed by atoms with van der Waals surface area (Å²) in [6.45, 7) is 4.74. The first-order chi connectivity index (χ1) is 8.68. The lowest BCUT2D eigenvalue weighted by Gasteiger charge is -2.07. The average Bonchev–Trinajstić information content (AvgIpc) is 2.35. The van der Waals surface area contributed by atoms with E-state index in [-0.39, 0.29) is 24.4 Å². The zero-order chi connectivity index (χ0) is 13.6. The van der Waals surface area contributed by atoms with E-state index in [4.69, 9.17) is 5.73 Å². The number of nitrogens with two attached hydrogens (primary N) is 1. The number of nitrogens with one attached hydrogen (secondary N) is 1. The fourth-order valence-corrected chi connectivity index (χ4v) is 1.99. The topological polar surface area (TPSA) is 55.1 Å². The number of carbonyl (C=O) groups excluding carboxylic acids is 1. The highest BCUT2D eigenvalue weighted by atomic mass is 35.5. The van der Waals surface area contributed by atoms with Gasteiger partial charge in [0.2, 0.25) is 5.91 Å². The maximum Gasteiger partial charge on any atom is 0.236 e. The van der Waals surface area contributed by atoms with Crippen LogP contribution in [-0.4, -0.2) is 18.5 Å². The first-order valence-electron chi connectivity index (χ1n) is 7.71. The number of carbonyl (C=O) groups is 1. The van der Waals surface area contributed by atoms with E-state index in [0.29, 0.717) is 0 Å². The summed E-state index contributed by atoms with van der Waals surface area (Å²) >= 11 is 0. The van der Waals surface area contributed by atoms with Crippen LogP contribution in [0.1, 0.15) is 78.1 Å². The van der Waals surface area contributed by atoms with Gasteiger partial charge >= 0.3 is 0 Å². The van der Waals surface area contributed by atoms with Crippen molar-refractivity contribution >= 4 is 18.3 Å². The summed E-state index contributed by atoms with van der Waals surface area (Å²) in [5.74, 6) is -0.0362. The van der Waals surface area contributed by atoms with Crippen molar-refractivity contribution in [1.82, 2.24) is 5.32 Å². The molecule has 0 bridgehead atoms. The molecule has 3 nitrogen and oxygen atoms in total. The van der Waals surface area contributed by atoms with Gasteiger partial charge in [0.05, 0.1) is 6.04 Å². The molecule has 0 spiro atoms. The van der Waals surface area contributed by atoms with Gasteiger partial charge in [0.25, 0.3) is 0 Å². The molecule has 4 heteroatoms. The molecule has 116 valence electrons. The minimum atomic E-state index is -0.381. The molecular formula is C15H33ClN2O. The molecule has 3 N–H and O–H groups in total. The quantitative estimate of drug-likeness (QED) is 0.538. The Morgan fingerprint density at radius 2 is 1.37 bits per heavy atom. The van der Waals surface area contributed by atoms with Crippen molar-refractivity contribution in [3.63, 3.8) is 0 Å². The Labute approximate surface area is 125 Å². The fraction of sp³-hybridized carbons (Fsp3) is 0.933. The molecule has 0 aromatic carbocycles. The largest absolute Gasteiger partial charge is 0.355 e. The van der Waals surface area contributed by atoms with E-state index >= 15 is 0 Å². The first kappa shape index (κ1) is 21.0. The molecule has 1 atom stereocenters. The molecule has 0 rings (SSSR count). The molecule has 1 amide bonds. The van der Waals surface area contributed by atoms with Crippen LogP contribution in [0.2, 0.25) is 0 Å². The molecule has 0 aromatic rings. The summed E-state index contributed by atoms with van der Waals surface area (Å²) in [6.07, 6.45) is 13.2. The Morgan fingerprint density at radius 1 is 0.947 bits per heavy atom. The third kappa shape index (κ3) is 15.7. The van der Waals surface area contributed by atoms with Crippen LogP contribution in [0.15, 0.2) is 0 Å². The Balaban J connectivity index is 0. The van der Waals surface area contributed by atoms with Gasteiger partial charge in [0.15, 0.2) is 0 Å². The molecular weight excluding hydrogens is 260 g/mol. The predicted octanol–water partition coefficient (Wildman–Crippen LogP) is 3.79. The molecule has 0 saturated carbocycles. The van der Waals surface area contributed by atoms with E-state index < -0.39 is 0 Å². The predicted molar refractivity (Wildman–Crippen MR) is 85.8 cm³/mol. The van der Waals surface area contributed by atoms with Gasteiger partial charge in [0, 0.05) is 6.54 Å². The second-order valence-corrected chi connectivity index (χ2v) is 5.26.